The summed E-state index contributed by atoms with van der Waals surface area (Å²) >= 11 is 0. The summed E-state index contributed by atoms with van der Waals surface area (Å²) in [6.45, 7) is 1.71. The molecule has 0 aliphatic rings. The van der Waals surface area contributed by atoms with Gasteiger partial charge in [0.05, 0.1) is 0 Å². The van der Waals surface area contributed by atoms with Crippen molar-refractivity contribution in [2.24, 2.45) is 0 Å². The van der Waals surface area contributed by atoms with Crippen molar-refractivity contribution in [3.05, 3.63) is 0 Å². The first-order valence-corrected chi connectivity index (χ1v) is 6.74. The van der Waals surface area contributed by atoms with Gasteiger partial charge in [-0.3, -0.25) is 14.3 Å². The molecule has 96 valence electrons. The molecule has 0 fully saturated rings. The van der Waals surface area contributed by atoms with E-state index in [2.05, 4.69) is 0 Å². The standard InChI is InChI=1S/C8H18NO6P/c1-2-4-9(6-16(13,14)15)7(3-5-10)8(11)12/h7,10H,2-6H2,1H3,(H,11,12)(H2,13,14,15). The van der Waals surface area contributed by atoms with E-state index in [4.69, 9.17) is 20.0 Å². The Kier molecular flexibility index (Phi) is 6.78. The fraction of sp³-hybridized carbons (Fsp3) is 0.875. The Morgan fingerprint density at radius 1 is 1.44 bits per heavy atom. The molecule has 0 bridgehead atoms. The molecule has 16 heavy (non-hydrogen) atoms. The van der Waals surface area contributed by atoms with Gasteiger partial charge in [0, 0.05) is 6.61 Å². The molecule has 0 saturated carbocycles. The quantitative estimate of drug-likeness (QED) is 0.438. The first kappa shape index (κ1) is 15.5. The van der Waals surface area contributed by atoms with Crippen LogP contribution < -0.4 is 0 Å². The Morgan fingerprint density at radius 2 is 2.00 bits per heavy atom. The molecule has 7 nitrogen and oxygen atoms in total. The smallest absolute Gasteiger partial charge is 0.339 e. The predicted molar refractivity (Wildman–Crippen MR) is 57.0 cm³/mol. The van der Waals surface area contributed by atoms with Gasteiger partial charge in [-0.15, -0.1) is 0 Å². The van der Waals surface area contributed by atoms with E-state index in [0.717, 1.165) is 0 Å². The van der Waals surface area contributed by atoms with Gasteiger partial charge in [0.25, 0.3) is 0 Å². The number of aliphatic hydroxyl groups excluding tert-OH is 1. The summed E-state index contributed by atoms with van der Waals surface area (Å²) in [5.41, 5.74) is 0. The van der Waals surface area contributed by atoms with Crippen LogP contribution in [0, 0.1) is 0 Å². The highest BCUT2D eigenvalue weighted by atomic mass is 31.2. The van der Waals surface area contributed by atoms with Gasteiger partial charge in [0.1, 0.15) is 12.3 Å². The number of carboxylic acids is 1. The lowest BCUT2D eigenvalue weighted by Crippen LogP contribution is -2.42. The van der Waals surface area contributed by atoms with Crippen LogP contribution >= 0.6 is 7.60 Å². The van der Waals surface area contributed by atoms with Crippen molar-refractivity contribution in [1.82, 2.24) is 4.90 Å². The molecule has 0 heterocycles. The van der Waals surface area contributed by atoms with Crippen molar-refractivity contribution >= 4 is 13.6 Å². The Hall–Kier alpha value is -0.460. The first-order valence-electron chi connectivity index (χ1n) is 4.94. The number of carbonyl (C=O) groups is 1. The third-order valence-corrected chi connectivity index (χ3v) is 2.74. The lowest BCUT2D eigenvalue weighted by Gasteiger charge is -2.28. The van der Waals surface area contributed by atoms with Crippen molar-refractivity contribution in [1.29, 1.82) is 0 Å². The molecule has 0 aromatic carbocycles. The zero-order chi connectivity index (χ0) is 12.8. The summed E-state index contributed by atoms with van der Waals surface area (Å²) < 4.78 is 10.8. The summed E-state index contributed by atoms with van der Waals surface area (Å²) in [5, 5.41) is 17.6. The van der Waals surface area contributed by atoms with Gasteiger partial charge in [0.2, 0.25) is 0 Å². The van der Waals surface area contributed by atoms with Gasteiger partial charge in [-0.25, -0.2) is 0 Å². The highest BCUT2D eigenvalue weighted by molar-refractivity contribution is 7.51. The summed E-state index contributed by atoms with van der Waals surface area (Å²) in [6, 6.07) is -1.06. The molecule has 0 radical (unpaired) electrons. The van der Waals surface area contributed by atoms with Crippen LogP contribution in [-0.2, 0) is 9.36 Å². The molecule has 0 rings (SSSR count). The van der Waals surface area contributed by atoms with E-state index >= 15 is 0 Å². The zero-order valence-corrected chi connectivity index (χ0v) is 10.0. The molecule has 8 heteroatoms. The van der Waals surface area contributed by atoms with Crippen molar-refractivity contribution in [3.8, 4) is 0 Å². The fourth-order valence-corrected chi connectivity index (χ4v) is 2.25. The van der Waals surface area contributed by atoms with Crippen molar-refractivity contribution < 1.29 is 29.4 Å². The lowest BCUT2D eigenvalue weighted by atomic mass is 10.2. The molecule has 0 aromatic heterocycles. The Labute approximate surface area is 93.9 Å². The molecule has 0 amide bonds. The number of aliphatic carboxylic acids is 1. The minimum atomic E-state index is -4.29. The topological polar surface area (TPSA) is 118 Å². The average molecular weight is 255 g/mol. The molecule has 4 N–H and O–H groups in total. The van der Waals surface area contributed by atoms with E-state index in [-0.39, 0.29) is 19.6 Å². The van der Waals surface area contributed by atoms with Crippen LogP contribution in [0.2, 0.25) is 0 Å². The second kappa shape index (κ2) is 6.98. The van der Waals surface area contributed by atoms with E-state index in [9.17, 15) is 9.36 Å². The number of nitrogens with zero attached hydrogens (tertiary/aromatic N) is 1. The van der Waals surface area contributed by atoms with Gasteiger partial charge >= 0.3 is 13.6 Å². The molecule has 0 aromatic rings. The highest BCUT2D eigenvalue weighted by Crippen LogP contribution is 2.36. The lowest BCUT2D eigenvalue weighted by molar-refractivity contribution is -0.143. The van der Waals surface area contributed by atoms with Crippen molar-refractivity contribution in [3.63, 3.8) is 0 Å². The number of aliphatic hydroxyl groups is 1. The third kappa shape index (κ3) is 6.19. The number of hydrogen-bond acceptors (Lipinski definition) is 4. The molecule has 1 atom stereocenters. The largest absolute Gasteiger partial charge is 0.480 e. The molecule has 0 aliphatic carbocycles. The zero-order valence-electron chi connectivity index (χ0n) is 9.11. The molecule has 0 spiro atoms. The summed E-state index contributed by atoms with van der Waals surface area (Å²) in [6.07, 6.45) is -0.0671. The number of rotatable bonds is 8. The Bertz CT molecular complexity index is 265. The number of carboxylic acid groups (broad SMARTS) is 1. The van der Waals surface area contributed by atoms with Crippen LogP contribution in [0.5, 0.6) is 0 Å². The van der Waals surface area contributed by atoms with Gasteiger partial charge in [-0.2, -0.15) is 0 Å². The van der Waals surface area contributed by atoms with Gasteiger partial charge in [-0.1, -0.05) is 6.92 Å². The molecule has 1 unspecified atom stereocenters. The van der Waals surface area contributed by atoms with Crippen LogP contribution in [-0.4, -0.2) is 56.3 Å². The number of hydrogen-bond donors (Lipinski definition) is 4. The summed E-state index contributed by atoms with van der Waals surface area (Å²) in [5.74, 6) is -1.18. The maximum atomic E-state index is 10.9. The van der Waals surface area contributed by atoms with Crippen LogP contribution in [0.1, 0.15) is 19.8 Å². The molecule has 0 aliphatic heterocycles. The van der Waals surface area contributed by atoms with Gasteiger partial charge in [0.15, 0.2) is 0 Å². The SMILES string of the molecule is CCCN(CP(=O)(O)O)C(CCO)C(=O)O. The maximum absolute atomic E-state index is 10.9. The average Bonchev–Trinajstić information content (AvgIpc) is 2.10. The van der Waals surface area contributed by atoms with Crippen molar-refractivity contribution in [2.75, 3.05) is 19.4 Å². The van der Waals surface area contributed by atoms with E-state index in [1.165, 1.54) is 4.90 Å². The minimum Gasteiger partial charge on any atom is -0.480 e. The van der Waals surface area contributed by atoms with Crippen LogP contribution in [0.3, 0.4) is 0 Å². The molecular weight excluding hydrogens is 237 g/mol. The van der Waals surface area contributed by atoms with Crippen LogP contribution in [0.15, 0.2) is 0 Å². The monoisotopic (exact) mass is 255 g/mol. The predicted octanol–water partition coefficient (Wildman–Crippen LogP) is -0.331. The minimum absolute atomic E-state index is 0.0463. The molecular formula is C8H18NO6P. The van der Waals surface area contributed by atoms with Gasteiger partial charge in [-0.05, 0) is 19.4 Å². The summed E-state index contributed by atoms with van der Waals surface area (Å²) in [4.78, 5) is 29.7. The highest BCUT2D eigenvalue weighted by Gasteiger charge is 2.29. The van der Waals surface area contributed by atoms with Crippen LogP contribution in [0.25, 0.3) is 0 Å². The Balaban J connectivity index is 4.69. The van der Waals surface area contributed by atoms with E-state index in [1.807, 2.05) is 0 Å². The maximum Gasteiger partial charge on any atom is 0.339 e. The van der Waals surface area contributed by atoms with Gasteiger partial charge < -0.3 is 20.0 Å². The summed E-state index contributed by atoms with van der Waals surface area (Å²) in [7, 11) is -4.29. The van der Waals surface area contributed by atoms with E-state index < -0.39 is 25.9 Å². The second-order valence-electron chi connectivity index (χ2n) is 3.48. The Morgan fingerprint density at radius 3 is 2.31 bits per heavy atom. The van der Waals surface area contributed by atoms with Crippen LogP contribution in [0.4, 0.5) is 0 Å². The second-order valence-corrected chi connectivity index (χ2v) is 5.10. The fourth-order valence-electron chi connectivity index (χ4n) is 1.43. The van der Waals surface area contributed by atoms with E-state index in [1.54, 1.807) is 6.92 Å². The van der Waals surface area contributed by atoms with Crippen molar-refractivity contribution in [2.45, 2.75) is 25.8 Å². The normalized spacial score (nSPS) is 14.1. The molecule has 0 saturated heterocycles. The third-order valence-electron chi connectivity index (χ3n) is 2.01. The first-order chi connectivity index (χ1) is 7.31. The van der Waals surface area contributed by atoms with E-state index in [0.29, 0.717) is 6.42 Å².